The van der Waals surface area contributed by atoms with Crippen molar-refractivity contribution in [3.05, 3.63) is 12.8 Å². The molecule has 68 valence electrons. The van der Waals surface area contributed by atoms with E-state index in [1.807, 2.05) is 0 Å². The molecule has 0 saturated carbocycles. The number of carbonyl (C=O) groups is 1. The topological polar surface area (TPSA) is 41.9 Å². The van der Waals surface area contributed by atoms with Gasteiger partial charge >= 0.3 is 5.97 Å². The molecule has 0 aromatic heterocycles. The van der Waals surface area contributed by atoms with E-state index >= 15 is 0 Å². The van der Waals surface area contributed by atoms with E-state index in [2.05, 4.69) is 18.4 Å². The maximum absolute atomic E-state index is 11.0. The molecule has 0 unspecified atom stereocenters. The fraction of sp³-hybridized carbons (Fsp3) is 0.500. The van der Waals surface area contributed by atoms with Crippen LogP contribution in [0.15, 0.2) is 17.9 Å². The maximum Gasteiger partial charge on any atom is 0.328 e. The highest BCUT2D eigenvalue weighted by molar-refractivity contribution is 5.71. The molecule has 0 fully saturated rings. The van der Waals surface area contributed by atoms with Crippen LogP contribution in [0.5, 0.6) is 0 Å². The van der Waals surface area contributed by atoms with Gasteiger partial charge in [0.1, 0.15) is 6.54 Å². The third-order valence-electron chi connectivity index (χ3n) is 1.05. The fourth-order valence-electron chi connectivity index (χ4n) is 0.605. The van der Waals surface area contributed by atoms with Gasteiger partial charge in [-0.1, -0.05) is 6.58 Å². The zero-order valence-electron chi connectivity index (χ0n) is 7.49. The lowest BCUT2D eigenvalue weighted by atomic mass is 10.5. The zero-order valence-corrected chi connectivity index (χ0v) is 7.49. The largest absolute Gasteiger partial charge is 0.462 e. The maximum atomic E-state index is 11.0. The van der Waals surface area contributed by atoms with Gasteiger partial charge in [0, 0.05) is 12.9 Å². The first-order chi connectivity index (χ1) is 5.60. The fourth-order valence-corrected chi connectivity index (χ4v) is 0.605. The monoisotopic (exact) mass is 170 g/mol. The summed E-state index contributed by atoms with van der Waals surface area (Å²) in [6, 6.07) is 0. The van der Waals surface area contributed by atoms with Gasteiger partial charge in [-0.3, -0.25) is 9.80 Å². The lowest BCUT2D eigenvalue weighted by molar-refractivity contribution is -0.148. The van der Waals surface area contributed by atoms with Crippen molar-refractivity contribution in [1.82, 2.24) is 5.01 Å². The molecule has 0 aliphatic carbocycles. The molecule has 0 saturated heterocycles. The molecule has 0 aliphatic heterocycles. The molecule has 0 bridgehead atoms. The molecular weight excluding hydrogens is 156 g/mol. The van der Waals surface area contributed by atoms with Gasteiger partial charge in [0.05, 0.1) is 6.10 Å². The first-order valence-electron chi connectivity index (χ1n) is 3.65. The van der Waals surface area contributed by atoms with Crippen molar-refractivity contribution in [2.24, 2.45) is 5.10 Å². The zero-order chi connectivity index (χ0) is 9.56. The number of hydrazone groups is 1. The van der Waals surface area contributed by atoms with Crippen LogP contribution in [0.1, 0.15) is 13.8 Å². The van der Waals surface area contributed by atoms with Gasteiger partial charge < -0.3 is 4.74 Å². The third-order valence-corrected chi connectivity index (χ3v) is 1.05. The van der Waals surface area contributed by atoms with Gasteiger partial charge in [0.15, 0.2) is 0 Å². The highest BCUT2D eigenvalue weighted by Gasteiger charge is 2.07. The Kier molecular flexibility index (Phi) is 4.76. The summed E-state index contributed by atoms with van der Waals surface area (Å²) in [5.74, 6) is -0.336. The highest BCUT2D eigenvalue weighted by Crippen LogP contribution is 1.93. The van der Waals surface area contributed by atoms with Crippen molar-refractivity contribution in [3.63, 3.8) is 0 Å². The summed E-state index contributed by atoms with van der Waals surface area (Å²) in [4.78, 5) is 11.0. The van der Waals surface area contributed by atoms with E-state index in [0.717, 1.165) is 0 Å². The normalized spacial score (nSPS) is 9.25. The molecule has 0 spiro atoms. The number of hydrogen-bond acceptors (Lipinski definition) is 4. The molecule has 4 nitrogen and oxygen atoms in total. The van der Waals surface area contributed by atoms with Crippen molar-refractivity contribution in [3.8, 4) is 0 Å². The van der Waals surface area contributed by atoms with E-state index in [4.69, 9.17) is 4.74 Å². The van der Waals surface area contributed by atoms with Crippen molar-refractivity contribution in [2.45, 2.75) is 20.0 Å². The smallest absolute Gasteiger partial charge is 0.328 e. The number of nitrogens with zero attached hydrogens (tertiary/aromatic N) is 2. The Hall–Kier alpha value is -1.32. The molecule has 0 N–H and O–H groups in total. The van der Waals surface area contributed by atoms with E-state index < -0.39 is 0 Å². The van der Waals surface area contributed by atoms with Gasteiger partial charge in [0.2, 0.25) is 0 Å². The Morgan fingerprint density at radius 3 is 2.67 bits per heavy atom. The van der Waals surface area contributed by atoms with Gasteiger partial charge in [0.25, 0.3) is 0 Å². The Morgan fingerprint density at radius 1 is 1.75 bits per heavy atom. The molecule has 0 aliphatic rings. The average molecular weight is 170 g/mol. The molecule has 0 aromatic carbocycles. The highest BCUT2D eigenvalue weighted by atomic mass is 16.5. The van der Waals surface area contributed by atoms with Crippen LogP contribution in [-0.4, -0.2) is 30.3 Å². The van der Waals surface area contributed by atoms with Crippen molar-refractivity contribution in [1.29, 1.82) is 0 Å². The Bertz CT molecular complexity index is 170. The second-order valence-electron chi connectivity index (χ2n) is 2.46. The van der Waals surface area contributed by atoms with Crippen LogP contribution < -0.4 is 0 Å². The minimum atomic E-state index is -0.336. The SMILES string of the molecule is C=CN(CC(=O)OC(C)C)N=C. The number of hydrogen-bond donors (Lipinski definition) is 0. The summed E-state index contributed by atoms with van der Waals surface area (Å²) < 4.78 is 4.87. The number of esters is 1. The summed E-state index contributed by atoms with van der Waals surface area (Å²) in [7, 11) is 0. The van der Waals surface area contributed by atoms with Crippen LogP contribution in [0.3, 0.4) is 0 Å². The molecule has 0 radical (unpaired) electrons. The van der Waals surface area contributed by atoms with Crippen LogP contribution in [0.4, 0.5) is 0 Å². The predicted molar refractivity (Wildman–Crippen MR) is 47.7 cm³/mol. The van der Waals surface area contributed by atoms with E-state index in [9.17, 15) is 4.79 Å². The van der Waals surface area contributed by atoms with Crippen LogP contribution in [0.25, 0.3) is 0 Å². The Morgan fingerprint density at radius 2 is 2.33 bits per heavy atom. The third kappa shape index (κ3) is 4.49. The first kappa shape index (κ1) is 10.7. The van der Waals surface area contributed by atoms with Crippen molar-refractivity contribution >= 4 is 12.7 Å². The van der Waals surface area contributed by atoms with Crippen LogP contribution in [0, 0.1) is 0 Å². The van der Waals surface area contributed by atoms with Gasteiger partial charge in [-0.2, -0.15) is 5.10 Å². The summed E-state index contributed by atoms with van der Waals surface area (Å²) in [6.07, 6.45) is 1.31. The standard InChI is InChI=1S/C8H14N2O2/c1-5-10(9-4)6-8(11)12-7(2)3/h5,7H,1,4,6H2,2-3H3. The Balaban J connectivity index is 3.81. The van der Waals surface area contributed by atoms with Gasteiger partial charge in [-0.25, -0.2) is 0 Å². The average Bonchev–Trinajstić information content (AvgIpc) is 1.98. The van der Waals surface area contributed by atoms with Gasteiger partial charge in [-0.05, 0) is 13.8 Å². The molecule has 0 atom stereocenters. The van der Waals surface area contributed by atoms with E-state index in [1.54, 1.807) is 13.8 Å². The summed E-state index contributed by atoms with van der Waals surface area (Å²) in [5, 5.41) is 4.83. The number of carbonyl (C=O) groups excluding carboxylic acids is 1. The summed E-state index contributed by atoms with van der Waals surface area (Å²) in [5.41, 5.74) is 0. The molecule has 4 heteroatoms. The van der Waals surface area contributed by atoms with Crippen LogP contribution in [-0.2, 0) is 9.53 Å². The number of ether oxygens (including phenoxy) is 1. The minimum absolute atomic E-state index is 0.0607. The lowest BCUT2D eigenvalue weighted by Crippen LogP contribution is -2.24. The minimum Gasteiger partial charge on any atom is -0.462 e. The summed E-state index contributed by atoms with van der Waals surface area (Å²) >= 11 is 0. The molecule has 0 heterocycles. The number of rotatable bonds is 5. The molecule has 0 aromatic rings. The second kappa shape index (κ2) is 5.35. The van der Waals surface area contributed by atoms with Crippen LogP contribution in [0.2, 0.25) is 0 Å². The van der Waals surface area contributed by atoms with E-state index in [0.29, 0.717) is 0 Å². The molecule has 0 rings (SSSR count). The summed E-state index contributed by atoms with van der Waals surface area (Å²) in [6.45, 7) is 10.3. The first-order valence-corrected chi connectivity index (χ1v) is 3.65. The second-order valence-corrected chi connectivity index (χ2v) is 2.46. The van der Waals surface area contributed by atoms with Crippen molar-refractivity contribution in [2.75, 3.05) is 6.54 Å². The predicted octanol–water partition coefficient (Wildman–Crippen LogP) is 0.999. The van der Waals surface area contributed by atoms with Crippen molar-refractivity contribution < 1.29 is 9.53 Å². The van der Waals surface area contributed by atoms with Gasteiger partial charge in [-0.15, -0.1) is 0 Å². The molecule has 0 amide bonds. The molecule has 12 heavy (non-hydrogen) atoms. The quantitative estimate of drug-likeness (QED) is 0.351. The van der Waals surface area contributed by atoms with Crippen LogP contribution >= 0.6 is 0 Å². The Labute approximate surface area is 72.5 Å². The van der Waals surface area contributed by atoms with E-state index in [1.165, 1.54) is 11.2 Å². The molecular formula is C8H14N2O2. The lowest BCUT2D eigenvalue weighted by Gasteiger charge is -2.13. The van der Waals surface area contributed by atoms with E-state index in [-0.39, 0.29) is 18.6 Å².